The molecule has 2 amide bonds. The second-order valence-corrected chi connectivity index (χ2v) is 10.1. The zero-order valence-electron chi connectivity index (χ0n) is 20.4. The first-order valence-corrected chi connectivity index (χ1v) is 12.6. The SMILES string of the molecule is CC(C)CC(CNC(=O)c1cccn2nc(C(=O)N3CCn4cncc4C3)cc12)c1ccc(Cl)cc1. The summed E-state index contributed by atoms with van der Waals surface area (Å²) in [6, 6.07) is 13.0. The van der Waals surface area contributed by atoms with Crippen LogP contribution in [0.15, 0.2) is 61.2 Å². The van der Waals surface area contributed by atoms with E-state index in [0.29, 0.717) is 53.9 Å². The van der Waals surface area contributed by atoms with E-state index in [2.05, 4.69) is 29.2 Å². The normalized spacial score (nSPS) is 14.2. The fourth-order valence-electron chi connectivity index (χ4n) is 4.78. The number of halogens is 1. The lowest BCUT2D eigenvalue weighted by atomic mass is 9.90. The summed E-state index contributed by atoms with van der Waals surface area (Å²) in [6.45, 7) is 6.63. The fourth-order valence-corrected chi connectivity index (χ4v) is 4.91. The third-order valence-electron chi connectivity index (χ3n) is 6.62. The van der Waals surface area contributed by atoms with Crippen LogP contribution in [0.1, 0.15) is 58.3 Å². The molecule has 4 aromatic rings. The first kappa shape index (κ1) is 24.1. The van der Waals surface area contributed by atoms with Crippen LogP contribution in [-0.4, -0.2) is 49.0 Å². The number of nitrogens with zero attached hydrogens (tertiary/aromatic N) is 5. The van der Waals surface area contributed by atoms with Gasteiger partial charge >= 0.3 is 0 Å². The summed E-state index contributed by atoms with van der Waals surface area (Å²) < 4.78 is 3.65. The van der Waals surface area contributed by atoms with E-state index < -0.39 is 0 Å². The van der Waals surface area contributed by atoms with Crippen LogP contribution in [0.3, 0.4) is 0 Å². The number of carbonyl (C=O) groups excluding carboxylic acids is 2. The second kappa shape index (κ2) is 10.1. The van der Waals surface area contributed by atoms with Crippen molar-refractivity contribution in [3.05, 3.63) is 88.7 Å². The van der Waals surface area contributed by atoms with Gasteiger partial charge in [0.1, 0.15) is 0 Å². The molecular formula is C27H29ClN6O2. The van der Waals surface area contributed by atoms with Crippen LogP contribution < -0.4 is 5.32 Å². The van der Waals surface area contributed by atoms with Crippen LogP contribution in [0.2, 0.25) is 5.02 Å². The standard InChI is InChI=1S/C27H29ClN6O2/c1-18(2)12-20(19-5-7-21(28)8-6-19)14-30-26(35)23-4-3-9-34-25(23)13-24(31-34)27(36)32-10-11-33-17-29-15-22(33)16-32/h3-9,13,15,17-18,20H,10-12,14,16H2,1-2H3,(H,30,35). The number of rotatable bonds is 7. The van der Waals surface area contributed by atoms with Gasteiger partial charge in [-0.25, -0.2) is 9.50 Å². The highest BCUT2D eigenvalue weighted by Gasteiger charge is 2.25. The molecule has 0 radical (unpaired) electrons. The Morgan fingerprint density at radius 2 is 1.94 bits per heavy atom. The zero-order valence-corrected chi connectivity index (χ0v) is 21.2. The highest BCUT2D eigenvalue weighted by atomic mass is 35.5. The van der Waals surface area contributed by atoms with Crippen molar-refractivity contribution in [3.8, 4) is 0 Å². The number of pyridine rings is 1. The molecule has 1 atom stereocenters. The molecule has 8 nitrogen and oxygen atoms in total. The predicted octanol–water partition coefficient (Wildman–Crippen LogP) is 4.40. The van der Waals surface area contributed by atoms with Crippen molar-refractivity contribution in [3.63, 3.8) is 0 Å². The Balaban J connectivity index is 1.33. The van der Waals surface area contributed by atoms with Gasteiger partial charge in [0.25, 0.3) is 11.8 Å². The van der Waals surface area contributed by atoms with E-state index in [1.54, 1.807) is 46.3 Å². The van der Waals surface area contributed by atoms with Gasteiger partial charge in [-0.05, 0) is 48.2 Å². The lowest BCUT2D eigenvalue weighted by Gasteiger charge is -2.27. The van der Waals surface area contributed by atoms with Gasteiger partial charge in [-0.3, -0.25) is 9.59 Å². The number of imidazole rings is 1. The van der Waals surface area contributed by atoms with E-state index in [-0.39, 0.29) is 17.7 Å². The van der Waals surface area contributed by atoms with Crippen LogP contribution >= 0.6 is 11.6 Å². The molecule has 9 heteroatoms. The smallest absolute Gasteiger partial charge is 0.274 e. The van der Waals surface area contributed by atoms with Crippen LogP contribution in [0.5, 0.6) is 0 Å². The average Bonchev–Trinajstić information content (AvgIpc) is 3.52. The summed E-state index contributed by atoms with van der Waals surface area (Å²) in [5.74, 6) is 0.296. The number of nitrogens with one attached hydrogen (secondary N) is 1. The molecule has 4 heterocycles. The molecule has 0 saturated carbocycles. The molecule has 3 aromatic heterocycles. The summed E-state index contributed by atoms with van der Waals surface area (Å²) in [6.07, 6.45) is 6.25. The lowest BCUT2D eigenvalue weighted by Crippen LogP contribution is -2.38. The number of carbonyl (C=O) groups is 2. The summed E-state index contributed by atoms with van der Waals surface area (Å²) in [4.78, 5) is 32.4. The van der Waals surface area contributed by atoms with Crippen LogP contribution in [0.4, 0.5) is 0 Å². The summed E-state index contributed by atoms with van der Waals surface area (Å²) in [5, 5.41) is 8.27. The average molecular weight is 505 g/mol. The minimum absolute atomic E-state index is 0.155. The minimum atomic E-state index is -0.191. The number of benzene rings is 1. The molecule has 0 saturated heterocycles. The third kappa shape index (κ3) is 4.99. The Bertz CT molecular complexity index is 1390. The van der Waals surface area contributed by atoms with Gasteiger partial charge in [0.2, 0.25) is 0 Å². The maximum absolute atomic E-state index is 13.2. The van der Waals surface area contributed by atoms with Crippen LogP contribution in [-0.2, 0) is 13.1 Å². The molecule has 1 aromatic carbocycles. The molecule has 1 unspecified atom stereocenters. The second-order valence-electron chi connectivity index (χ2n) is 9.67. The molecule has 0 bridgehead atoms. The quantitative estimate of drug-likeness (QED) is 0.404. The molecule has 36 heavy (non-hydrogen) atoms. The molecular weight excluding hydrogens is 476 g/mol. The Hall–Kier alpha value is -3.65. The Morgan fingerprint density at radius 3 is 2.72 bits per heavy atom. The van der Waals surface area contributed by atoms with Gasteiger partial charge < -0.3 is 14.8 Å². The van der Waals surface area contributed by atoms with Gasteiger partial charge in [0.15, 0.2) is 5.69 Å². The maximum atomic E-state index is 13.2. The van der Waals surface area contributed by atoms with E-state index in [0.717, 1.165) is 17.7 Å². The summed E-state index contributed by atoms with van der Waals surface area (Å²) in [7, 11) is 0. The van der Waals surface area contributed by atoms with Crippen LogP contribution in [0, 0.1) is 5.92 Å². The van der Waals surface area contributed by atoms with Crippen molar-refractivity contribution in [1.82, 2.24) is 29.4 Å². The molecule has 1 N–H and O–H groups in total. The van der Waals surface area contributed by atoms with E-state index in [1.807, 2.05) is 28.8 Å². The van der Waals surface area contributed by atoms with Crippen molar-refractivity contribution in [2.75, 3.05) is 13.1 Å². The first-order chi connectivity index (χ1) is 17.4. The van der Waals surface area contributed by atoms with Gasteiger partial charge in [-0.1, -0.05) is 37.6 Å². The number of hydrogen-bond acceptors (Lipinski definition) is 4. The molecule has 5 rings (SSSR count). The number of amides is 2. The van der Waals surface area contributed by atoms with Gasteiger partial charge in [0.05, 0.1) is 29.6 Å². The van der Waals surface area contributed by atoms with E-state index in [1.165, 1.54) is 0 Å². The van der Waals surface area contributed by atoms with Crippen molar-refractivity contribution >= 4 is 28.9 Å². The molecule has 186 valence electrons. The Morgan fingerprint density at radius 1 is 1.14 bits per heavy atom. The molecule has 1 aliphatic heterocycles. The molecule has 0 spiro atoms. The Labute approximate surface area is 214 Å². The van der Waals surface area contributed by atoms with E-state index in [9.17, 15) is 9.59 Å². The lowest BCUT2D eigenvalue weighted by molar-refractivity contribution is 0.0704. The maximum Gasteiger partial charge on any atom is 0.274 e. The van der Waals surface area contributed by atoms with Crippen molar-refractivity contribution in [2.24, 2.45) is 5.92 Å². The van der Waals surface area contributed by atoms with Gasteiger partial charge in [-0.15, -0.1) is 0 Å². The van der Waals surface area contributed by atoms with Crippen molar-refractivity contribution in [2.45, 2.75) is 39.3 Å². The first-order valence-electron chi connectivity index (χ1n) is 12.2. The Kier molecular flexibility index (Phi) is 6.78. The predicted molar refractivity (Wildman–Crippen MR) is 138 cm³/mol. The zero-order chi connectivity index (χ0) is 25.2. The highest BCUT2D eigenvalue weighted by molar-refractivity contribution is 6.30. The largest absolute Gasteiger partial charge is 0.351 e. The summed E-state index contributed by atoms with van der Waals surface area (Å²) in [5.41, 5.74) is 3.55. The summed E-state index contributed by atoms with van der Waals surface area (Å²) >= 11 is 6.07. The number of fused-ring (bicyclic) bond motifs is 2. The monoisotopic (exact) mass is 504 g/mol. The fraction of sp³-hybridized carbons (Fsp3) is 0.333. The van der Waals surface area contributed by atoms with E-state index in [4.69, 9.17) is 11.6 Å². The van der Waals surface area contributed by atoms with Gasteiger partial charge in [0, 0.05) is 43.0 Å². The number of aromatic nitrogens is 4. The molecule has 0 fully saturated rings. The molecule has 1 aliphatic rings. The molecule has 0 aliphatic carbocycles. The highest BCUT2D eigenvalue weighted by Crippen LogP contribution is 2.25. The van der Waals surface area contributed by atoms with E-state index >= 15 is 0 Å². The van der Waals surface area contributed by atoms with Crippen LogP contribution in [0.25, 0.3) is 5.52 Å². The number of hydrogen-bond donors (Lipinski definition) is 1. The van der Waals surface area contributed by atoms with Crippen molar-refractivity contribution < 1.29 is 9.59 Å². The third-order valence-corrected chi connectivity index (χ3v) is 6.87. The van der Waals surface area contributed by atoms with Gasteiger partial charge in [-0.2, -0.15) is 5.10 Å². The minimum Gasteiger partial charge on any atom is -0.351 e. The van der Waals surface area contributed by atoms with Crippen molar-refractivity contribution in [1.29, 1.82) is 0 Å². The topological polar surface area (TPSA) is 84.5 Å².